The van der Waals surface area contributed by atoms with E-state index in [1.807, 2.05) is 19.2 Å². The van der Waals surface area contributed by atoms with E-state index in [2.05, 4.69) is 20.9 Å². The van der Waals surface area contributed by atoms with Crippen LogP contribution in [0.15, 0.2) is 18.3 Å². The number of nitrogens with two attached hydrogens (primary N) is 1. The molecule has 3 rings (SSSR count). The molecule has 0 aromatic carbocycles. The number of hydrogen-bond acceptors (Lipinski definition) is 4. The second-order valence-corrected chi connectivity index (χ2v) is 5.51. The lowest BCUT2D eigenvalue weighted by Gasteiger charge is -2.38. The molecule has 2 aliphatic heterocycles. The molecule has 0 bridgehead atoms. The zero-order valence-electron chi connectivity index (χ0n) is 11.0. The molecule has 18 heavy (non-hydrogen) atoms. The molecular formula is C14H22N4. The largest absolute Gasteiger partial charge is 0.354 e. The van der Waals surface area contributed by atoms with Gasteiger partial charge in [-0.2, -0.15) is 0 Å². The summed E-state index contributed by atoms with van der Waals surface area (Å²) in [4.78, 5) is 9.54. The van der Waals surface area contributed by atoms with Crippen molar-refractivity contribution >= 4 is 5.82 Å². The average Bonchev–Trinajstić information content (AvgIpc) is 2.86. The minimum atomic E-state index is 0.0829. The standard InChI is InChI=1S/C14H22N4/c1-11(15)12-4-5-16-14(9-12)18-8-7-17-6-2-3-13(17)10-18/h4-5,9,11,13H,2-3,6-8,10,15H2,1H3. The Bertz CT molecular complexity index is 418. The van der Waals surface area contributed by atoms with E-state index in [0.717, 1.165) is 24.9 Å². The van der Waals surface area contributed by atoms with Gasteiger partial charge in [-0.05, 0) is 44.0 Å². The van der Waals surface area contributed by atoms with Crippen LogP contribution in [0.1, 0.15) is 31.4 Å². The fraction of sp³-hybridized carbons (Fsp3) is 0.643. The fourth-order valence-corrected chi connectivity index (χ4v) is 3.09. The second-order valence-electron chi connectivity index (χ2n) is 5.51. The predicted molar refractivity (Wildman–Crippen MR) is 73.6 cm³/mol. The highest BCUT2D eigenvalue weighted by atomic mass is 15.3. The summed E-state index contributed by atoms with van der Waals surface area (Å²) in [5.74, 6) is 1.09. The summed E-state index contributed by atoms with van der Waals surface area (Å²) < 4.78 is 0. The van der Waals surface area contributed by atoms with Gasteiger partial charge in [0.1, 0.15) is 5.82 Å². The van der Waals surface area contributed by atoms with E-state index in [0.29, 0.717) is 0 Å². The Hall–Kier alpha value is -1.13. The minimum Gasteiger partial charge on any atom is -0.354 e. The molecule has 2 fully saturated rings. The van der Waals surface area contributed by atoms with Gasteiger partial charge in [0.15, 0.2) is 0 Å². The predicted octanol–water partition coefficient (Wildman–Crippen LogP) is 1.39. The van der Waals surface area contributed by atoms with E-state index in [9.17, 15) is 0 Å². The Morgan fingerprint density at radius 1 is 1.39 bits per heavy atom. The molecule has 4 nitrogen and oxygen atoms in total. The Morgan fingerprint density at radius 3 is 3.11 bits per heavy atom. The molecule has 2 N–H and O–H groups in total. The van der Waals surface area contributed by atoms with Crippen LogP contribution in [0.4, 0.5) is 5.82 Å². The van der Waals surface area contributed by atoms with E-state index in [1.54, 1.807) is 0 Å². The number of fused-ring (bicyclic) bond motifs is 1. The van der Waals surface area contributed by atoms with Gasteiger partial charge >= 0.3 is 0 Å². The van der Waals surface area contributed by atoms with Crippen molar-refractivity contribution in [3.05, 3.63) is 23.9 Å². The van der Waals surface area contributed by atoms with Gasteiger partial charge < -0.3 is 10.6 Å². The van der Waals surface area contributed by atoms with Crippen LogP contribution in [0, 0.1) is 0 Å². The van der Waals surface area contributed by atoms with Crippen LogP contribution in [0.2, 0.25) is 0 Å². The molecule has 1 aromatic heterocycles. The number of hydrogen-bond donors (Lipinski definition) is 1. The number of piperazine rings is 1. The molecule has 4 heteroatoms. The molecule has 3 heterocycles. The topological polar surface area (TPSA) is 45.4 Å². The Morgan fingerprint density at radius 2 is 2.28 bits per heavy atom. The molecular weight excluding hydrogens is 224 g/mol. The van der Waals surface area contributed by atoms with Gasteiger partial charge in [0.05, 0.1) is 0 Å². The lowest BCUT2D eigenvalue weighted by Crippen LogP contribution is -2.50. The van der Waals surface area contributed by atoms with Crippen molar-refractivity contribution in [1.82, 2.24) is 9.88 Å². The average molecular weight is 246 g/mol. The molecule has 2 atom stereocenters. The van der Waals surface area contributed by atoms with Crippen LogP contribution in [0.5, 0.6) is 0 Å². The summed E-state index contributed by atoms with van der Waals surface area (Å²) >= 11 is 0. The molecule has 0 saturated carbocycles. The summed E-state index contributed by atoms with van der Waals surface area (Å²) in [5.41, 5.74) is 7.12. The third-order valence-corrected chi connectivity index (χ3v) is 4.21. The van der Waals surface area contributed by atoms with Crippen molar-refractivity contribution < 1.29 is 0 Å². The van der Waals surface area contributed by atoms with Crippen LogP contribution in [-0.4, -0.2) is 42.1 Å². The zero-order chi connectivity index (χ0) is 12.5. The lowest BCUT2D eigenvalue weighted by atomic mass is 10.1. The van der Waals surface area contributed by atoms with E-state index >= 15 is 0 Å². The smallest absolute Gasteiger partial charge is 0.128 e. The highest BCUT2D eigenvalue weighted by molar-refractivity contribution is 5.42. The highest BCUT2D eigenvalue weighted by Gasteiger charge is 2.30. The van der Waals surface area contributed by atoms with E-state index in [1.165, 1.54) is 31.5 Å². The third kappa shape index (κ3) is 2.22. The fourth-order valence-electron chi connectivity index (χ4n) is 3.09. The van der Waals surface area contributed by atoms with Gasteiger partial charge in [-0.1, -0.05) is 0 Å². The molecule has 0 amide bonds. The summed E-state index contributed by atoms with van der Waals surface area (Å²) in [6.45, 7) is 6.69. The third-order valence-electron chi connectivity index (χ3n) is 4.21. The van der Waals surface area contributed by atoms with Gasteiger partial charge in [-0.3, -0.25) is 4.90 Å². The maximum Gasteiger partial charge on any atom is 0.128 e. The van der Waals surface area contributed by atoms with Crippen LogP contribution < -0.4 is 10.6 Å². The van der Waals surface area contributed by atoms with Crippen molar-refractivity contribution in [3.63, 3.8) is 0 Å². The number of nitrogens with zero attached hydrogens (tertiary/aromatic N) is 3. The molecule has 0 radical (unpaired) electrons. The Labute approximate surface area is 109 Å². The van der Waals surface area contributed by atoms with Gasteiger partial charge in [0, 0.05) is 37.9 Å². The van der Waals surface area contributed by atoms with Crippen molar-refractivity contribution in [3.8, 4) is 0 Å². The van der Waals surface area contributed by atoms with Gasteiger partial charge in [-0.15, -0.1) is 0 Å². The van der Waals surface area contributed by atoms with Gasteiger partial charge in [-0.25, -0.2) is 4.98 Å². The minimum absolute atomic E-state index is 0.0829. The number of anilines is 1. The van der Waals surface area contributed by atoms with Gasteiger partial charge in [0.2, 0.25) is 0 Å². The normalized spacial score (nSPS) is 26.1. The molecule has 0 aliphatic carbocycles. The van der Waals surface area contributed by atoms with Crippen LogP contribution in [-0.2, 0) is 0 Å². The van der Waals surface area contributed by atoms with Gasteiger partial charge in [0.25, 0.3) is 0 Å². The number of aromatic nitrogens is 1. The molecule has 2 aliphatic rings. The highest BCUT2D eigenvalue weighted by Crippen LogP contribution is 2.25. The lowest BCUT2D eigenvalue weighted by molar-refractivity contribution is 0.230. The number of pyridine rings is 1. The first-order chi connectivity index (χ1) is 8.74. The maximum atomic E-state index is 5.94. The van der Waals surface area contributed by atoms with Crippen LogP contribution in [0.25, 0.3) is 0 Å². The van der Waals surface area contributed by atoms with Crippen molar-refractivity contribution in [2.24, 2.45) is 5.73 Å². The molecule has 2 unspecified atom stereocenters. The molecule has 0 spiro atoms. The first kappa shape index (κ1) is 11.9. The molecule has 1 aromatic rings. The summed E-state index contributed by atoms with van der Waals surface area (Å²) in [6.07, 6.45) is 4.57. The molecule has 2 saturated heterocycles. The van der Waals surface area contributed by atoms with Crippen LogP contribution >= 0.6 is 0 Å². The summed E-state index contributed by atoms with van der Waals surface area (Å²) in [6, 6.07) is 4.98. The number of rotatable bonds is 2. The second kappa shape index (κ2) is 4.86. The summed E-state index contributed by atoms with van der Waals surface area (Å²) in [7, 11) is 0. The van der Waals surface area contributed by atoms with Crippen molar-refractivity contribution in [2.45, 2.75) is 31.8 Å². The SMILES string of the molecule is CC(N)c1ccnc(N2CCN3CCCC3C2)c1. The monoisotopic (exact) mass is 246 g/mol. The van der Waals surface area contributed by atoms with Crippen molar-refractivity contribution in [1.29, 1.82) is 0 Å². The quantitative estimate of drug-likeness (QED) is 0.856. The van der Waals surface area contributed by atoms with Crippen LogP contribution in [0.3, 0.4) is 0 Å². The van der Waals surface area contributed by atoms with E-state index in [-0.39, 0.29) is 6.04 Å². The van der Waals surface area contributed by atoms with E-state index < -0.39 is 0 Å². The molecule has 98 valence electrons. The Balaban J connectivity index is 1.76. The summed E-state index contributed by atoms with van der Waals surface area (Å²) in [5, 5.41) is 0. The first-order valence-electron chi connectivity index (χ1n) is 6.94. The first-order valence-corrected chi connectivity index (χ1v) is 6.94. The Kier molecular flexibility index (Phi) is 3.22. The zero-order valence-corrected chi connectivity index (χ0v) is 11.0. The van der Waals surface area contributed by atoms with Crippen molar-refractivity contribution in [2.75, 3.05) is 31.1 Å². The maximum absolute atomic E-state index is 5.94. The van der Waals surface area contributed by atoms with E-state index in [4.69, 9.17) is 5.73 Å².